The van der Waals surface area contributed by atoms with E-state index in [4.69, 9.17) is 5.73 Å². The van der Waals surface area contributed by atoms with Crippen LogP contribution in [0.25, 0.3) is 0 Å². The number of nitrogens with zero attached hydrogens (tertiary/aromatic N) is 1. The molecule has 0 radical (unpaired) electrons. The van der Waals surface area contributed by atoms with Gasteiger partial charge in [-0.3, -0.25) is 9.78 Å². The van der Waals surface area contributed by atoms with Crippen molar-refractivity contribution < 1.29 is 0 Å². The lowest BCUT2D eigenvalue weighted by Crippen LogP contribution is -2.44. The average molecular weight is 273 g/mol. The van der Waals surface area contributed by atoms with E-state index in [0.29, 0.717) is 5.92 Å². The van der Waals surface area contributed by atoms with Crippen LogP contribution in [0.4, 0.5) is 5.95 Å². The molecule has 1 aromatic heterocycles. The topological polar surface area (TPSA) is 71.8 Å². The van der Waals surface area contributed by atoms with Crippen molar-refractivity contribution in [3.05, 3.63) is 21.6 Å². The second-order valence-electron chi connectivity index (χ2n) is 7.13. The first-order valence-electron chi connectivity index (χ1n) is 8.04. The molecular formula is C16H23N3O. The summed E-state index contributed by atoms with van der Waals surface area (Å²) in [5, 5.41) is 0. The Morgan fingerprint density at radius 3 is 2.30 bits per heavy atom. The van der Waals surface area contributed by atoms with Crippen LogP contribution >= 0.6 is 0 Å². The van der Waals surface area contributed by atoms with Crippen LogP contribution < -0.4 is 11.3 Å². The SMILES string of the molecule is CCc1c(C2C3CC4CC(C3)CC2C4)nc(N)[nH]c1=O. The largest absolute Gasteiger partial charge is 0.369 e. The molecule has 0 spiro atoms. The highest BCUT2D eigenvalue weighted by atomic mass is 16.1. The van der Waals surface area contributed by atoms with E-state index in [9.17, 15) is 4.79 Å². The van der Waals surface area contributed by atoms with E-state index < -0.39 is 0 Å². The Hall–Kier alpha value is -1.32. The first-order chi connectivity index (χ1) is 9.65. The number of hydrogen-bond acceptors (Lipinski definition) is 3. The van der Waals surface area contributed by atoms with Gasteiger partial charge in [0.05, 0.1) is 5.69 Å². The molecule has 4 bridgehead atoms. The number of aromatic nitrogens is 2. The van der Waals surface area contributed by atoms with Crippen molar-refractivity contribution in [2.45, 2.75) is 51.4 Å². The molecule has 0 aliphatic heterocycles. The monoisotopic (exact) mass is 273 g/mol. The molecule has 20 heavy (non-hydrogen) atoms. The summed E-state index contributed by atoms with van der Waals surface area (Å²) in [6.45, 7) is 2.04. The molecule has 0 unspecified atom stereocenters. The predicted octanol–water partition coefficient (Wildman–Crippen LogP) is 2.45. The minimum atomic E-state index is -0.0243. The predicted molar refractivity (Wildman–Crippen MR) is 78.4 cm³/mol. The van der Waals surface area contributed by atoms with E-state index in [0.717, 1.165) is 41.3 Å². The smallest absolute Gasteiger partial charge is 0.255 e. The number of anilines is 1. The van der Waals surface area contributed by atoms with Crippen molar-refractivity contribution in [1.82, 2.24) is 9.97 Å². The van der Waals surface area contributed by atoms with Gasteiger partial charge in [0.1, 0.15) is 0 Å². The summed E-state index contributed by atoms with van der Waals surface area (Å²) in [6, 6.07) is 0. The number of nitrogen functional groups attached to an aromatic ring is 1. The molecule has 4 aliphatic carbocycles. The molecule has 1 aromatic rings. The molecule has 4 heteroatoms. The van der Waals surface area contributed by atoms with Crippen molar-refractivity contribution in [2.24, 2.45) is 23.7 Å². The third-order valence-electron chi connectivity index (χ3n) is 5.96. The lowest BCUT2D eigenvalue weighted by molar-refractivity contribution is -0.00447. The summed E-state index contributed by atoms with van der Waals surface area (Å²) in [7, 11) is 0. The molecule has 1 heterocycles. The summed E-state index contributed by atoms with van der Waals surface area (Å²) < 4.78 is 0. The Balaban J connectivity index is 1.80. The molecule has 0 amide bonds. The lowest BCUT2D eigenvalue weighted by atomic mass is 9.51. The number of nitrogens with two attached hydrogens (primary N) is 1. The molecule has 0 aromatic carbocycles. The van der Waals surface area contributed by atoms with Crippen molar-refractivity contribution in [3.63, 3.8) is 0 Å². The quantitative estimate of drug-likeness (QED) is 0.869. The Labute approximate surface area is 119 Å². The zero-order chi connectivity index (χ0) is 13.9. The fraction of sp³-hybridized carbons (Fsp3) is 0.750. The van der Waals surface area contributed by atoms with Gasteiger partial charge >= 0.3 is 0 Å². The average Bonchev–Trinajstić information content (AvgIpc) is 2.36. The standard InChI is InChI=1S/C16H23N3O/c1-2-12-14(18-16(17)19-15(12)20)13-10-4-8-3-9(6-10)7-11(13)5-8/h8-11,13H,2-7H2,1H3,(H3,17,18,19,20). The molecule has 4 fully saturated rings. The van der Waals surface area contributed by atoms with E-state index >= 15 is 0 Å². The molecule has 3 N–H and O–H groups in total. The highest BCUT2D eigenvalue weighted by Gasteiger charge is 2.49. The van der Waals surface area contributed by atoms with E-state index in [2.05, 4.69) is 9.97 Å². The highest BCUT2D eigenvalue weighted by Crippen LogP contribution is 2.59. The molecule has 5 rings (SSSR count). The summed E-state index contributed by atoms with van der Waals surface area (Å²) in [5.41, 5.74) is 7.69. The van der Waals surface area contributed by atoms with Crippen molar-refractivity contribution in [3.8, 4) is 0 Å². The summed E-state index contributed by atoms with van der Waals surface area (Å²) in [5.74, 6) is 4.14. The lowest BCUT2D eigenvalue weighted by Gasteiger charge is -2.54. The maximum atomic E-state index is 12.2. The highest BCUT2D eigenvalue weighted by molar-refractivity contribution is 5.30. The Kier molecular flexibility index (Phi) is 2.69. The molecule has 0 atom stereocenters. The molecule has 108 valence electrons. The van der Waals surface area contributed by atoms with E-state index in [1.165, 1.54) is 32.1 Å². The van der Waals surface area contributed by atoms with Crippen LogP contribution in [-0.2, 0) is 6.42 Å². The fourth-order valence-corrected chi connectivity index (χ4v) is 5.52. The second-order valence-corrected chi connectivity index (χ2v) is 7.13. The van der Waals surface area contributed by atoms with Crippen LogP contribution in [0.15, 0.2) is 4.79 Å². The number of nitrogens with one attached hydrogen (secondary N) is 1. The van der Waals surface area contributed by atoms with Gasteiger partial charge in [-0.15, -0.1) is 0 Å². The summed E-state index contributed by atoms with van der Waals surface area (Å²) in [4.78, 5) is 19.4. The van der Waals surface area contributed by atoms with Crippen LogP contribution in [0.5, 0.6) is 0 Å². The summed E-state index contributed by atoms with van der Waals surface area (Å²) >= 11 is 0. The maximum Gasteiger partial charge on any atom is 0.255 e. The third kappa shape index (κ3) is 1.73. The first kappa shape index (κ1) is 12.4. The van der Waals surface area contributed by atoms with Crippen LogP contribution in [0.3, 0.4) is 0 Å². The van der Waals surface area contributed by atoms with Gasteiger partial charge < -0.3 is 5.73 Å². The van der Waals surface area contributed by atoms with E-state index in [1.807, 2.05) is 6.92 Å². The molecule has 4 aliphatic rings. The summed E-state index contributed by atoms with van der Waals surface area (Å²) in [6.07, 6.45) is 7.57. The zero-order valence-electron chi connectivity index (χ0n) is 12.1. The number of aromatic amines is 1. The Morgan fingerprint density at radius 1 is 1.15 bits per heavy atom. The van der Waals surface area contributed by atoms with Gasteiger partial charge in [-0.25, -0.2) is 4.98 Å². The third-order valence-corrected chi connectivity index (χ3v) is 5.96. The van der Waals surface area contributed by atoms with Crippen LogP contribution in [0.2, 0.25) is 0 Å². The minimum Gasteiger partial charge on any atom is -0.369 e. The van der Waals surface area contributed by atoms with Crippen molar-refractivity contribution >= 4 is 5.95 Å². The second kappa shape index (κ2) is 4.34. The van der Waals surface area contributed by atoms with E-state index in [1.54, 1.807) is 0 Å². The normalized spacial score (nSPS) is 38.4. The number of hydrogen-bond donors (Lipinski definition) is 2. The van der Waals surface area contributed by atoms with Gasteiger partial charge in [0.15, 0.2) is 0 Å². The van der Waals surface area contributed by atoms with Crippen molar-refractivity contribution in [2.75, 3.05) is 5.73 Å². The van der Waals surface area contributed by atoms with Gasteiger partial charge in [-0.05, 0) is 62.2 Å². The van der Waals surface area contributed by atoms with Crippen molar-refractivity contribution in [1.29, 1.82) is 0 Å². The maximum absolute atomic E-state index is 12.2. The van der Waals surface area contributed by atoms with Gasteiger partial charge in [0.25, 0.3) is 5.56 Å². The Bertz CT molecular complexity index is 564. The molecule has 0 saturated heterocycles. The van der Waals surface area contributed by atoms with Gasteiger partial charge in [0, 0.05) is 11.5 Å². The van der Waals surface area contributed by atoms with Gasteiger partial charge in [-0.2, -0.15) is 0 Å². The van der Waals surface area contributed by atoms with E-state index in [-0.39, 0.29) is 11.5 Å². The molecule has 4 nitrogen and oxygen atoms in total. The van der Waals surface area contributed by atoms with Gasteiger partial charge in [-0.1, -0.05) is 6.92 Å². The number of H-pyrrole nitrogens is 1. The van der Waals surface area contributed by atoms with Gasteiger partial charge in [0.2, 0.25) is 5.95 Å². The first-order valence-corrected chi connectivity index (χ1v) is 8.04. The minimum absolute atomic E-state index is 0.0243. The molecular weight excluding hydrogens is 250 g/mol. The van der Waals surface area contributed by atoms with Crippen LogP contribution in [0.1, 0.15) is 56.2 Å². The van der Waals surface area contributed by atoms with Crippen LogP contribution in [0, 0.1) is 23.7 Å². The zero-order valence-corrected chi connectivity index (χ0v) is 12.1. The van der Waals surface area contributed by atoms with Crippen LogP contribution in [-0.4, -0.2) is 9.97 Å². The fourth-order valence-electron chi connectivity index (χ4n) is 5.52. The Morgan fingerprint density at radius 2 is 1.75 bits per heavy atom. The number of rotatable bonds is 2. The molecule has 4 saturated carbocycles.